The largest absolute Gasteiger partial charge is 0.480 e. The van der Waals surface area contributed by atoms with Crippen LogP contribution in [0.2, 0.25) is 0 Å². The van der Waals surface area contributed by atoms with E-state index in [2.05, 4.69) is 4.72 Å². The quantitative estimate of drug-likeness (QED) is 0.742. The number of carboxylic acid groups (broad SMARTS) is 1. The van der Waals surface area contributed by atoms with Gasteiger partial charge in [0.25, 0.3) is 0 Å². The van der Waals surface area contributed by atoms with E-state index in [-0.39, 0.29) is 17.1 Å². The first kappa shape index (κ1) is 16.3. The van der Waals surface area contributed by atoms with Crippen LogP contribution in [0.3, 0.4) is 0 Å². The van der Waals surface area contributed by atoms with E-state index in [1.807, 2.05) is 0 Å². The fraction of sp³-hybridized carbons (Fsp3) is 0.385. The molecule has 0 spiro atoms. The standard InChI is InChI=1S/C13H17NO5S/c1-3-4-12(13(16)17)14-20(18,19)11-7-5-10(6-8-11)9(2)15/h5-8,12,14H,3-4H2,1-2H3,(H,16,17). The second-order valence-corrected chi connectivity index (χ2v) is 6.10. The van der Waals surface area contributed by atoms with E-state index in [0.29, 0.717) is 12.0 Å². The Morgan fingerprint density at radius 2 is 1.80 bits per heavy atom. The molecule has 0 heterocycles. The molecule has 0 saturated heterocycles. The Bertz CT molecular complexity index is 592. The lowest BCUT2D eigenvalue weighted by Gasteiger charge is -2.14. The van der Waals surface area contributed by atoms with Crippen LogP contribution in [0, 0.1) is 0 Å². The second-order valence-electron chi connectivity index (χ2n) is 4.38. The SMILES string of the molecule is CCCC(NS(=O)(=O)c1ccc(C(C)=O)cc1)C(=O)O. The number of rotatable bonds is 7. The van der Waals surface area contributed by atoms with Crippen molar-refractivity contribution < 1.29 is 23.1 Å². The Morgan fingerprint density at radius 1 is 1.25 bits per heavy atom. The van der Waals surface area contributed by atoms with Crippen molar-refractivity contribution in [1.82, 2.24) is 4.72 Å². The van der Waals surface area contributed by atoms with Gasteiger partial charge in [-0.05, 0) is 25.5 Å². The molecule has 0 radical (unpaired) electrons. The van der Waals surface area contributed by atoms with Gasteiger partial charge in [0.05, 0.1) is 4.90 Å². The van der Waals surface area contributed by atoms with Gasteiger partial charge in [-0.2, -0.15) is 4.72 Å². The fourth-order valence-electron chi connectivity index (χ4n) is 1.65. The third kappa shape index (κ3) is 4.14. The molecule has 1 rings (SSSR count). The molecule has 0 aliphatic heterocycles. The molecule has 1 aromatic carbocycles. The minimum Gasteiger partial charge on any atom is -0.480 e. The number of carbonyl (C=O) groups excluding carboxylic acids is 1. The summed E-state index contributed by atoms with van der Waals surface area (Å²) in [5.41, 5.74) is 0.396. The van der Waals surface area contributed by atoms with Crippen molar-refractivity contribution in [2.75, 3.05) is 0 Å². The fourth-order valence-corrected chi connectivity index (χ4v) is 2.87. The van der Waals surface area contributed by atoms with E-state index in [1.165, 1.54) is 31.2 Å². The van der Waals surface area contributed by atoms with Crippen molar-refractivity contribution >= 4 is 21.8 Å². The van der Waals surface area contributed by atoms with Crippen LogP contribution in [0.4, 0.5) is 0 Å². The predicted molar refractivity (Wildman–Crippen MR) is 73.1 cm³/mol. The van der Waals surface area contributed by atoms with Crippen LogP contribution in [-0.4, -0.2) is 31.3 Å². The summed E-state index contributed by atoms with van der Waals surface area (Å²) in [7, 11) is -3.91. The van der Waals surface area contributed by atoms with E-state index >= 15 is 0 Å². The van der Waals surface area contributed by atoms with Crippen molar-refractivity contribution in [2.24, 2.45) is 0 Å². The van der Waals surface area contributed by atoms with Gasteiger partial charge >= 0.3 is 5.97 Å². The van der Waals surface area contributed by atoms with Gasteiger partial charge in [-0.1, -0.05) is 25.5 Å². The number of benzene rings is 1. The number of ketones is 1. The molecule has 0 aromatic heterocycles. The summed E-state index contributed by atoms with van der Waals surface area (Å²) >= 11 is 0. The first-order chi connectivity index (χ1) is 9.27. The van der Waals surface area contributed by atoms with E-state index in [9.17, 15) is 18.0 Å². The third-order valence-corrected chi connectivity index (χ3v) is 4.23. The summed E-state index contributed by atoms with van der Waals surface area (Å²) < 4.78 is 26.2. The van der Waals surface area contributed by atoms with E-state index in [4.69, 9.17) is 5.11 Å². The Balaban J connectivity index is 2.98. The number of nitrogens with one attached hydrogen (secondary N) is 1. The number of carbonyl (C=O) groups is 2. The zero-order valence-corrected chi connectivity index (χ0v) is 12.1. The summed E-state index contributed by atoms with van der Waals surface area (Å²) in [5, 5.41) is 8.96. The summed E-state index contributed by atoms with van der Waals surface area (Å²) in [5.74, 6) is -1.38. The molecule has 6 nitrogen and oxygen atoms in total. The minimum absolute atomic E-state index is 0.0650. The number of Topliss-reactive ketones (excluding diaryl/α,β-unsaturated/α-hetero) is 1. The van der Waals surface area contributed by atoms with Crippen LogP contribution in [0.15, 0.2) is 29.2 Å². The van der Waals surface area contributed by atoms with Crippen LogP contribution < -0.4 is 4.72 Å². The molecule has 1 aromatic rings. The van der Waals surface area contributed by atoms with Crippen molar-refractivity contribution in [2.45, 2.75) is 37.6 Å². The molecule has 110 valence electrons. The summed E-state index contributed by atoms with van der Waals surface area (Å²) in [6.45, 7) is 3.15. The van der Waals surface area contributed by atoms with E-state index in [0.717, 1.165) is 0 Å². The summed E-state index contributed by atoms with van der Waals surface area (Å²) in [6.07, 6.45) is 0.753. The monoisotopic (exact) mass is 299 g/mol. The second kappa shape index (κ2) is 6.62. The maximum atomic E-state index is 12.0. The normalized spacial score (nSPS) is 12.9. The topological polar surface area (TPSA) is 101 Å². The highest BCUT2D eigenvalue weighted by molar-refractivity contribution is 7.89. The van der Waals surface area contributed by atoms with Crippen LogP contribution in [0.25, 0.3) is 0 Å². The Labute approximate surface area is 117 Å². The maximum Gasteiger partial charge on any atom is 0.321 e. The third-order valence-electron chi connectivity index (χ3n) is 2.74. The smallest absolute Gasteiger partial charge is 0.321 e. The lowest BCUT2D eigenvalue weighted by molar-refractivity contribution is -0.139. The number of hydrogen-bond acceptors (Lipinski definition) is 4. The Morgan fingerprint density at radius 3 is 2.20 bits per heavy atom. The molecule has 2 N–H and O–H groups in total. The van der Waals surface area contributed by atoms with Crippen molar-refractivity contribution in [3.63, 3.8) is 0 Å². The van der Waals surface area contributed by atoms with Crippen molar-refractivity contribution in [3.8, 4) is 0 Å². The average Bonchev–Trinajstić information content (AvgIpc) is 2.38. The van der Waals surface area contributed by atoms with Gasteiger partial charge in [-0.15, -0.1) is 0 Å². The number of sulfonamides is 1. The van der Waals surface area contributed by atoms with Gasteiger partial charge in [0.2, 0.25) is 10.0 Å². The highest BCUT2D eigenvalue weighted by Gasteiger charge is 2.24. The van der Waals surface area contributed by atoms with Gasteiger partial charge < -0.3 is 5.11 Å². The Kier molecular flexibility index (Phi) is 5.41. The molecule has 1 atom stereocenters. The lowest BCUT2D eigenvalue weighted by atomic mass is 10.2. The number of aliphatic carboxylic acids is 1. The molecular weight excluding hydrogens is 282 g/mol. The van der Waals surface area contributed by atoms with Gasteiger partial charge in [-0.25, -0.2) is 8.42 Å². The van der Waals surface area contributed by atoms with E-state index < -0.39 is 22.0 Å². The van der Waals surface area contributed by atoms with Gasteiger partial charge in [0.15, 0.2) is 5.78 Å². The molecule has 20 heavy (non-hydrogen) atoms. The van der Waals surface area contributed by atoms with Gasteiger partial charge in [-0.3, -0.25) is 9.59 Å². The average molecular weight is 299 g/mol. The Hall–Kier alpha value is -1.73. The summed E-state index contributed by atoms with van der Waals surface area (Å²) in [4.78, 5) is 22.0. The van der Waals surface area contributed by atoms with E-state index in [1.54, 1.807) is 6.92 Å². The molecule has 0 amide bonds. The summed E-state index contributed by atoms with van der Waals surface area (Å²) in [6, 6.07) is 4.20. The minimum atomic E-state index is -3.91. The molecule has 0 aliphatic rings. The zero-order chi connectivity index (χ0) is 15.3. The first-order valence-corrected chi connectivity index (χ1v) is 7.62. The first-order valence-electron chi connectivity index (χ1n) is 6.14. The zero-order valence-electron chi connectivity index (χ0n) is 11.3. The number of carboxylic acids is 1. The van der Waals surface area contributed by atoms with Crippen LogP contribution >= 0.6 is 0 Å². The van der Waals surface area contributed by atoms with Crippen LogP contribution in [-0.2, 0) is 14.8 Å². The van der Waals surface area contributed by atoms with Crippen molar-refractivity contribution in [1.29, 1.82) is 0 Å². The molecule has 0 aliphatic carbocycles. The number of hydrogen-bond donors (Lipinski definition) is 2. The van der Waals surface area contributed by atoms with Gasteiger partial charge in [0, 0.05) is 5.56 Å². The molecular formula is C13H17NO5S. The van der Waals surface area contributed by atoms with Crippen molar-refractivity contribution in [3.05, 3.63) is 29.8 Å². The molecule has 0 fully saturated rings. The molecule has 1 unspecified atom stereocenters. The highest BCUT2D eigenvalue weighted by atomic mass is 32.2. The molecule has 7 heteroatoms. The predicted octanol–water partition coefficient (Wildman–Crippen LogP) is 1.42. The highest BCUT2D eigenvalue weighted by Crippen LogP contribution is 2.12. The molecule has 0 bridgehead atoms. The van der Waals surface area contributed by atoms with Gasteiger partial charge in [0.1, 0.15) is 6.04 Å². The van der Waals surface area contributed by atoms with Crippen LogP contribution in [0.5, 0.6) is 0 Å². The van der Waals surface area contributed by atoms with Crippen LogP contribution in [0.1, 0.15) is 37.0 Å². The lowest BCUT2D eigenvalue weighted by Crippen LogP contribution is -2.40. The maximum absolute atomic E-state index is 12.0. The molecule has 0 saturated carbocycles.